The molecule has 1 atom stereocenters. The van der Waals surface area contributed by atoms with Crippen LogP contribution in [0.3, 0.4) is 0 Å². The van der Waals surface area contributed by atoms with Crippen LogP contribution in [0.25, 0.3) is 10.9 Å². The van der Waals surface area contributed by atoms with E-state index in [1.54, 1.807) is 31.3 Å². The molecule has 0 spiro atoms. The Hall–Kier alpha value is -2.19. The molecule has 1 aromatic heterocycles. The van der Waals surface area contributed by atoms with Gasteiger partial charge >= 0.3 is 5.97 Å². The summed E-state index contributed by atoms with van der Waals surface area (Å²) in [6.45, 7) is 6.15. The van der Waals surface area contributed by atoms with Gasteiger partial charge in [0.2, 0.25) is 10.0 Å². The standard InChI is InChI=1S/C19H26N2O5S/c1-4-7-10-15(19(22)26-6-3)21-27(23,24)17-12-11-16(25-5-2)18-14(17)9-8-13-20-18/h8-9,11-13,15,21H,4-7,10H2,1-3H3. The molecule has 1 unspecified atom stereocenters. The first-order chi connectivity index (χ1) is 12.9. The smallest absolute Gasteiger partial charge is 0.324 e. The Morgan fingerprint density at radius 3 is 2.63 bits per heavy atom. The number of ether oxygens (including phenoxy) is 2. The molecule has 1 aromatic carbocycles. The number of aromatic nitrogens is 1. The van der Waals surface area contributed by atoms with Crippen LogP contribution in [0, 0.1) is 0 Å². The lowest BCUT2D eigenvalue weighted by Gasteiger charge is -2.18. The first kappa shape index (κ1) is 21.1. The van der Waals surface area contributed by atoms with Crippen LogP contribution < -0.4 is 9.46 Å². The normalized spacial score (nSPS) is 12.7. The second-order valence-corrected chi connectivity index (χ2v) is 7.64. The molecule has 2 rings (SSSR count). The molecule has 0 aliphatic rings. The number of nitrogens with one attached hydrogen (secondary N) is 1. The average Bonchev–Trinajstić information content (AvgIpc) is 2.65. The maximum absolute atomic E-state index is 13.0. The molecule has 0 aliphatic heterocycles. The fraction of sp³-hybridized carbons (Fsp3) is 0.474. The fourth-order valence-electron chi connectivity index (χ4n) is 2.75. The first-order valence-corrected chi connectivity index (χ1v) is 10.6. The highest BCUT2D eigenvalue weighted by Crippen LogP contribution is 2.29. The van der Waals surface area contributed by atoms with Crippen molar-refractivity contribution in [2.75, 3.05) is 13.2 Å². The number of benzene rings is 1. The molecule has 1 N–H and O–H groups in total. The number of esters is 1. The third-order valence-corrected chi connectivity index (χ3v) is 5.53. The molecule has 0 radical (unpaired) electrons. The minimum Gasteiger partial charge on any atom is -0.492 e. The van der Waals surface area contributed by atoms with E-state index in [9.17, 15) is 13.2 Å². The van der Waals surface area contributed by atoms with E-state index in [0.29, 0.717) is 36.1 Å². The van der Waals surface area contributed by atoms with Crippen molar-refractivity contribution in [2.24, 2.45) is 0 Å². The highest BCUT2D eigenvalue weighted by Gasteiger charge is 2.28. The molecule has 0 saturated heterocycles. The minimum atomic E-state index is -3.96. The molecule has 27 heavy (non-hydrogen) atoms. The van der Waals surface area contributed by atoms with Gasteiger partial charge in [0.25, 0.3) is 0 Å². The summed E-state index contributed by atoms with van der Waals surface area (Å²) < 4.78 is 39.1. The lowest BCUT2D eigenvalue weighted by molar-refractivity contribution is -0.145. The molecule has 7 nitrogen and oxygen atoms in total. The molecule has 0 bridgehead atoms. The van der Waals surface area contributed by atoms with Crippen molar-refractivity contribution in [1.82, 2.24) is 9.71 Å². The van der Waals surface area contributed by atoms with Crippen LogP contribution in [0.2, 0.25) is 0 Å². The van der Waals surface area contributed by atoms with Gasteiger partial charge in [0.15, 0.2) is 0 Å². The zero-order valence-corrected chi connectivity index (χ0v) is 16.7. The molecular formula is C19H26N2O5S. The Balaban J connectivity index is 2.42. The number of hydrogen-bond donors (Lipinski definition) is 1. The number of sulfonamides is 1. The van der Waals surface area contributed by atoms with Crippen LogP contribution >= 0.6 is 0 Å². The van der Waals surface area contributed by atoms with Crippen LogP contribution in [0.4, 0.5) is 0 Å². The summed E-state index contributed by atoms with van der Waals surface area (Å²) in [5.74, 6) is -0.0529. The van der Waals surface area contributed by atoms with Crippen molar-refractivity contribution in [3.05, 3.63) is 30.5 Å². The second kappa shape index (κ2) is 9.66. The van der Waals surface area contributed by atoms with Gasteiger partial charge in [-0.2, -0.15) is 4.72 Å². The SMILES string of the molecule is CCCCC(NS(=O)(=O)c1ccc(OCC)c2ncccc12)C(=O)OCC. The highest BCUT2D eigenvalue weighted by molar-refractivity contribution is 7.89. The van der Waals surface area contributed by atoms with E-state index < -0.39 is 22.0 Å². The van der Waals surface area contributed by atoms with E-state index in [2.05, 4.69) is 9.71 Å². The molecule has 0 fully saturated rings. The zero-order chi connectivity index (χ0) is 19.9. The van der Waals surface area contributed by atoms with Gasteiger partial charge in [-0.1, -0.05) is 19.8 Å². The van der Waals surface area contributed by atoms with Crippen molar-refractivity contribution >= 4 is 26.9 Å². The Labute approximate surface area is 160 Å². The number of fused-ring (bicyclic) bond motifs is 1. The molecule has 0 saturated carbocycles. The molecule has 0 aliphatic carbocycles. The second-order valence-electron chi connectivity index (χ2n) is 5.96. The van der Waals surface area contributed by atoms with Crippen molar-refractivity contribution in [1.29, 1.82) is 0 Å². The topological polar surface area (TPSA) is 94.6 Å². The largest absolute Gasteiger partial charge is 0.492 e. The fourth-order valence-corrected chi connectivity index (χ4v) is 4.17. The molecule has 1 heterocycles. The monoisotopic (exact) mass is 394 g/mol. The Morgan fingerprint density at radius 1 is 1.19 bits per heavy atom. The van der Waals surface area contributed by atoms with Crippen molar-refractivity contribution in [2.45, 2.75) is 51.0 Å². The summed E-state index contributed by atoms with van der Waals surface area (Å²) in [7, 11) is -3.96. The maximum Gasteiger partial charge on any atom is 0.324 e. The van der Waals surface area contributed by atoms with E-state index in [1.807, 2.05) is 13.8 Å². The molecule has 0 amide bonds. The Morgan fingerprint density at radius 2 is 1.96 bits per heavy atom. The number of rotatable bonds is 10. The third kappa shape index (κ3) is 5.17. The number of hydrogen-bond acceptors (Lipinski definition) is 6. The van der Waals surface area contributed by atoms with E-state index in [0.717, 1.165) is 6.42 Å². The summed E-state index contributed by atoms with van der Waals surface area (Å²) in [6, 6.07) is 5.47. The highest BCUT2D eigenvalue weighted by atomic mass is 32.2. The van der Waals surface area contributed by atoms with Crippen LogP contribution in [0.1, 0.15) is 40.0 Å². The van der Waals surface area contributed by atoms with Gasteiger partial charge in [-0.15, -0.1) is 0 Å². The Bertz CT molecular complexity index is 883. The first-order valence-electron chi connectivity index (χ1n) is 9.14. The van der Waals surface area contributed by atoms with E-state index in [-0.39, 0.29) is 11.5 Å². The zero-order valence-electron chi connectivity index (χ0n) is 15.9. The van der Waals surface area contributed by atoms with E-state index in [4.69, 9.17) is 9.47 Å². The number of carbonyl (C=O) groups excluding carboxylic acids is 1. The summed E-state index contributed by atoms with van der Waals surface area (Å²) in [5.41, 5.74) is 0.462. The van der Waals surface area contributed by atoms with Crippen molar-refractivity contribution < 1.29 is 22.7 Å². The van der Waals surface area contributed by atoms with Crippen LogP contribution in [0.5, 0.6) is 5.75 Å². The third-order valence-electron chi connectivity index (χ3n) is 4.00. The maximum atomic E-state index is 13.0. The summed E-state index contributed by atoms with van der Waals surface area (Å²) in [6.07, 6.45) is 3.50. The van der Waals surface area contributed by atoms with Crippen LogP contribution in [-0.4, -0.2) is 38.6 Å². The van der Waals surface area contributed by atoms with Gasteiger partial charge in [-0.3, -0.25) is 9.78 Å². The molecule has 2 aromatic rings. The minimum absolute atomic E-state index is 0.0554. The molecule has 8 heteroatoms. The van der Waals surface area contributed by atoms with Gasteiger partial charge in [0.1, 0.15) is 17.3 Å². The number of pyridine rings is 1. The predicted molar refractivity (Wildman–Crippen MR) is 103 cm³/mol. The summed E-state index contributed by atoms with van der Waals surface area (Å²) in [4.78, 5) is 16.5. The van der Waals surface area contributed by atoms with Crippen molar-refractivity contribution in [3.63, 3.8) is 0 Å². The predicted octanol–water partition coefficient (Wildman–Crippen LogP) is 3.03. The summed E-state index contributed by atoms with van der Waals surface area (Å²) >= 11 is 0. The van der Waals surface area contributed by atoms with Crippen molar-refractivity contribution in [3.8, 4) is 5.75 Å². The molecule has 148 valence electrons. The van der Waals surface area contributed by atoms with Gasteiger partial charge in [0, 0.05) is 11.6 Å². The van der Waals surface area contributed by atoms with E-state index in [1.165, 1.54) is 6.07 Å². The van der Waals surface area contributed by atoms with Crippen LogP contribution in [-0.2, 0) is 19.6 Å². The summed E-state index contributed by atoms with van der Waals surface area (Å²) in [5, 5.41) is 0.439. The number of nitrogens with zero attached hydrogens (tertiary/aromatic N) is 1. The van der Waals surface area contributed by atoms with Gasteiger partial charge < -0.3 is 9.47 Å². The number of carbonyl (C=O) groups is 1. The van der Waals surface area contributed by atoms with E-state index >= 15 is 0 Å². The molecular weight excluding hydrogens is 368 g/mol. The van der Waals surface area contributed by atoms with Crippen LogP contribution in [0.15, 0.2) is 35.4 Å². The Kier molecular flexibility index (Phi) is 7.55. The van der Waals surface area contributed by atoms with Gasteiger partial charge in [-0.05, 0) is 44.5 Å². The quantitative estimate of drug-likeness (QED) is 0.623. The lowest BCUT2D eigenvalue weighted by Crippen LogP contribution is -2.41. The number of unbranched alkanes of at least 4 members (excludes halogenated alkanes) is 1. The van der Waals surface area contributed by atoms with Gasteiger partial charge in [-0.25, -0.2) is 8.42 Å². The lowest BCUT2D eigenvalue weighted by atomic mass is 10.1. The average molecular weight is 394 g/mol. The van der Waals surface area contributed by atoms with Gasteiger partial charge in [0.05, 0.1) is 18.1 Å².